The Hall–Kier alpha value is -2.78. The Balaban J connectivity index is 1.41. The summed E-state index contributed by atoms with van der Waals surface area (Å²) < 4.78 is 42.1. The van der Waals surface area contributed by atoms with Gasteiger partial charge in [-0.2, -0.15) is 4.31 Å². The van der Waals surface area contributed by atoms with Gasteiger partial charge in [0, 0.05) is 43.3 Å². The Bertz CT molecular complexity index is 1250. The number of hydrogen-bond donors (Lipinski definition) is 1. The van der Waals surface area contributed by atoms with Crippen LogP contribution in [0.3, 0.4) is 0 Å². The Morgan fingerprint density at radius 1 is 0.939 bits per heavy atom. The highest BCUT2D eigenvalue weighted by atomic mass is 35.5. The summed E-state index contributed by atoms with van der Waals surface area (Å²) >= 11 is 5.89. The first-order chi connectivity index (χ1) is 15.8. The monoisotopic (exact) mass is 487 g/mol. The molecule has 3 aromatic rings. The predicted octanol–water partition coefficient (Wildman–Crippen LogP) is 4.24. The summed E-state index contributed by atoms with van der Waals surface area (Å²) in [5, 5.41) is 2.84. The number of piperazine rings is 1. The molecule has 1 amide bonds. The van der Waals surface area contributed by atoms with Crippen LogP contribution in [0.4, 0.5) is 10.1 Å². The molecule has 33 heavy (non-hydrogen) atoms. The average molecular weight is 488 g/mol. The molecule has 0 saturated carbocycles. The number of nitrogens with zero attached hydrogens (tertiary/aromatic N) is 2. The molecule has 3 aromatic carbocycles. The topological polar surface area (TPSA) is 69.7 Å². The van der Waals surface area contributed by atoms with Crippen LogP contribution in [0.5, 0.6) is 0 Å². The van der Waals surface area contributed by atoms with Gasteiger partial charge in [0.1, 0.15) is 5.82 Å². The van der Waals surface area contributed by atoms with Crippen LogP contribution in [0.2, 0.25) is 5.02 Å². The number of rotatable bonds is 6. The fraction of sp³-hybridized carbons (Fsp3) is 0.208. The highest BCUT2D eigenvalue weighted by molar-refractivity contribution is 7.89. The van der Waals surface area contributed by atoms with Crippen molar-refractivity contribution < 1.29 is 17.6 Å². The quantitative estimate of drug-likeness (QED) is 0.564. The Kier molecular flexibility index (Phi) is 7.09. The van der Waals surface area contributed by atoms with Crippen molar-refractivity contribution in [3.05, 3.63) is 94.8 Å². The molecule has 172 valence electrons. The number of carbonyl (C=O) groups is 1. The minimum atomic E-state index is -3.85. The van der Waals surface area contributed by atoms with Crippen molar-refractivity contribution in [3.63, 3.8) is 0 Å². The van der Waals surface area contributed by atoms with Crippen LogP contribution in [0.1, 0.15) is 15.9 Å². The molecule has 4 rings (SSSR count). The number of sulfonamides is 1. The Morgan fingerprint density at radius 2 is 1.67 bits per heavy atom. The van der Waals surface area contributed by atoms with Crippen molar-refractivity contribution in [2.45, 2.75) is 11.4 Å². The molecule has 1 heterocycles. The van der Waals surface area contributed by atoms with Crippen molar-refractivity contribution in [3.8, 4) is 0 Å². The Morgan fingerprint density at radius 3 is 2.33 bits per heavy atom. The van der Waals surface area contributed by atoms with Crippen molar-refractivity contribution in [1.82, 2.24) is 9.21 Å². The second kappa shape index (κ2) is 10.0. The maximum Gasteiger partial charge on any atom is 0.255 e. The van der Waals surface area contributed by atoms with E-state index >= 15 is 0 Å². The lowest BCUT2D eigenvalue weighted by atomic mass is 10.2. The number of carbonyl (C=O) groups excluding carboxylic acids is 1. The molecule has 1 N–H and O–H groups in total. The summed E-state index contributed by atoms with van der Waals surface area (Å²) in [6.07, 6.45) is 0. The number of anilines is 1. The summed E-state index contributed by atoms with van der Waals surface area (Å²) in [7, 11) is -3.85. The van der Waals surface area contributed by atoms with E-state index in [0.717, 1.165) is 12.6 Å². The minimum absolute atomic E-state index is 0.105. The van der Waals surface area contributed by atoms with Gasteiger partial charge in [0.15, 0.2) is 0 Å². The summed E-state index contributed by atoms with van der Waals surface area (Å²) in [6.45, 7) is 2.58. The summed E-state index contributed by atoms with van der Waals surface area (Å²) in [5.74, 6) is -1.37. The molecule has 9 heteroatoms. The minimum Gasteiger partial charge on any atom is -0.319 e. The van der Waals surface area contributed by atoms with Gasteiger partial charge in [-0.3, -0.25) is 9.69 Å². The Labute approximate surface area is 197 Å². The van der Waals surface area contributed by atoms with Gasteiger partial charge in [-0.1, -0.05) is 48.0 Å². The average Bonchev–Trinajstić information content (AvgIpc) is 2.81. The van der Waals surface area contributed by atoms with Crippen LogP contribution in [0.25, 0.3) is 0 Å². The van der Waals surface area contributed by atoms with Gasteiger partial charge in [0.2, 0.25) is 10.0 Å². The lowest BCUT2D eigenvalue weighted by Gasteiger charge is -2.34. The van der Waals surface area contributed by atoms with E-state index in [2.05, 4.69) is 10.2 Å². The molecule has 0 unspecified atom stereocenters. The van der Waals surface area contributed by atoms with Crippen LogP contribution in [-0.2, 0) is 16.6 Å². The highest BCUT2D eigenvalue weighted by Crippen LogP contribution is 2.24. The van der Waals surface area contributed by atoms with Crippen molar-refractivity contribution in [1.29, 1.82) is 0 Å². The van der Waals surface area contributed by atoms with Crippen LogP contribution in [-0.4, -0.2) is 49.7 Å². The maximum atomic E-state index is 14.7. The van der Waals surface area contributed by atoms with Gasteiger partial charge in [-0.15, -0.1) is 0 Å². The number of halogens is 2. The molecular formula is C24H23ClFN3O3S. The van der Waals surface area contributed by atoms with E-state index in [-0.39, 0.29) is 16.1 Å². The van der Waals surface area contributed by atoms with E-state index in [1.165, 1.54) is 28.1 Å². The van der Waals surface area contributed by atoms with Gasteiger partial charge in [-0.05, 0) is 42.0 Å². The van der Waals surface area contributed by atoms with E-state index in [4.69, 9.17) is 11.6 Å². The summed E-state index contributed by atoms with van der Waals surface area (Å²) in [6, 6.07) is 19.8. The van der Waals surface area contributed by atoms with Crippen molar-refractivity contribution in [2.24, 2.45) is 0 Å². The number of amides is 1. The summed E-state index contributed by atoms with van der Waals surface area (Å²) in [5.41, 5.74) is 1.34. The van der Waals surface area contributed by atoms with Gasteiger partial charge in [-0.25, -0.2) is 12.8 Å². The SMILES string of the molecule is O=C(Nc1ccc(S(=O)(=O)N2CCN(Cc3ccccc3)CC2)cc1F)c1cccc(Cl)c1. The molecule has 0 radical (unpaired) electrons. The second-order valence-electron chi connectivity index (χ2n) is 7.77. The van der Waals surface area contributed by atoms with Crippen LogP contribution < -0.4 is 5.32 Å². The first kappa shape index (κ1) is 23.4. The third-order valence-corrected chi connectivity index (χ3v) is 7.62. The molecule has 6 nitrogen and oxygen atoms in total. The predicted molar refractivity (Wildman–Crippen MR) is 126 cm³/mol. The third kappa shape index (κ3) is 5.59. The van der Waals surface area contributed by atoms with Crippen molar-refractivity contribution >= 4 is 33.2 Å². The van der Waals surface area contributed by atoms with E-state index in [9.17, 15) is 17.6 Å². The molecule has 0 spiro atoms. The summed E-state index contributed by atoms with van der Waals surface area (Å²) in [4.78, 5) is 14.4. The van der Waals surface area contributed by atoms with Crippen LogP contribution in [0, 0.1) is 5.82 Å². The number of benzene rings is 3. The van der Waals surface area contributed by atoms with E-state index in [1.54, 1.807) is 18.2 Å². The van der Waals surface area contributed by atoms with Crippen LogP contribution in [0.15, 0.2) is 77.7 Å². The second-order valence-corrected chi connectivity index (χ2v) is 10.1. The zero-order valence-electron chi connectivity index (χ0n) is 17.7. The molecule has 1 aliphatic heterocycles. The van der Waals surface area contributed by atoms with Crippen molar-refractivity contribution in [2.75, 3.05) is 31.5 Å². The maximum absolute atomic E-state index is 14.7. The van der Waals surface area contributed by atoms with Gasteiger partial charge in [0.05, 0.1) is 10.6 Å². The zero-order chi connectivity index (χ0) is 23.4. The zero-order valence-corrected chi connectivity index (χ0v) is 19.3. The van der Waals surface area contributed by atoms with Gasteiger partial charge < -0.3 is 5.32 Å². The van der Waals surface area contributed by atoms with Crippen LogP contribution >= 0.6 is 11.6 Å². The molecule has 1 saturated heterocycles. The number of hydrogen-bond acceptors (Lipinski definition) is 4. The molecule has 0 bridgehead atoms. The largest absolute Gasteiger partial charge is 0.319 e. The molecule has 0 aromatic heterocycles. The van der Waals surface area contributed by atoms with Gasteiger partial charge in [0.25, 0.3) is 5.91 Å². The van der Waals surface area contributed by atoms with E-state index in [0.29, 0.717) is 31.2 Å². The fourth-order valence-electron chi connectivity index (χ4n) is 3.70. The van der Waals surface area contributed by atoms with E-state index in [1.807, 2.05) is 30.3 Å². The normalized spacial score (nSPS) is 15.3. The standard InChI is InChI=1S/C24H23ClFN3O3S/c25-20-8-4-7-19(15-20)24(30)27-23-10-9-21(16-22(23)26)33(31,32)29-13-11-28(12-14-29)17-18-5-2-1-3-6-18/h1-10,15-16H,11-14,17H2,(H,27,30). The smallest absolute Gasteiger partial charge is 0.255 e. The van der Waals surface area contributed by atoms with E-state index < -0.39 is 21.7 Å². The fourth-order valence-corrected chi connectivity index (χ4v) is 5.33. The molecule has 0 atom stereocenters. The highest BCUT2D eigenvalue weighted by Gasteiger charge is 2.29. The van der Waals surface area contributed by atoms with Gasteiger partial charge >= 0.3 is 0 Å². The first-order valence-electron chi connectivity index (χ1n) is 10.5. The first-order valence-corrected chi connectivity index (χ1v) is 12.3. The lowest BCUT2D eigenvalue weighted by Crippen LogP contribution is -2.48. The lowest BCUT2D eigenvalue weighted by molar-refractivity contribution is 0.102. The molecule has 0 aliphatic carbocycles. The third-order valence-electron chi connectivity index (χ3n) is 5.49. The molecule has 1 aliphatic rings. The molecule has 1 fully saturated rings. The molecular weight excluding hydrogens is 465 g/mol. The number of nitrogens with one attached hydrogen (secondary N) is 1.